The number of hydrogen-bond acceptors (Lipinski definition) is 2. The van der Waals surface area contributed by atoms with Gasteiger partial charge in [-0.05, 0) is 54.6 Å². The molecule has 4 heteroatoms. The molecule has 2 aromatic rings. The van der Waals surface area contributed by atoms with E-state index in [2.05, 4.69) is 28.4 Å². The molecule has 2 aliphatic heterocycles. The Kier molecular flexibility index (Phi) is 4.30. The Morgan fingerprint density at radius 1 is 1.08 bits per heavy atom. The number of benzene rings is 2. The van der Waals surface area contributed by atoms with Crippen LogP contribution in [0.25, 0.3) is 0 Å². The van der Waals surface area contributed by atoms with Crippen molar-refractivity contribution >= 4 is 5.91 Å². The van der Waals surface area contributed by atoms with E-state index in [0.717, 1.165) is 44.5 Å². The molecule has 1 spiro atoms. The molecular weight excluding hydrogens is 315 g/mol. The number of likely N-dealkylation sites (tertiary alicyclic amines) is 1. The SMILES string of the molecule is O=C1NCc2ccccc2CC12CCCN(Cc1ccc(F)cc1)C2. The van der Waals surface area contributed by atoms with Gasteiger partial charge >= 0.3 is 0 Å². The highest BCUT2D eigenvalue weighted by atomic mass is 19.1. The number of nitrogens with one attached hydrogen (secondary N) is 1. The van der Waals surface area contributed by atoms with Crippen LogP contribution in [0.15, 0.2) is 48.5 Å². The molecule has 0 aromatic heterocycles. The minimum absolute atomic E-state index is 0.174. The van der Waals surface area contributed by atoms with E-state index in [-0.39, 0.29) is 17.1 Å². The van der Waals surface area contributed by atoms with Crippen LogP contribution in [0.5, 0.6) is 0 Å². The number of fused-ring (bicyclic) bond motifs is 1. The molecule has 0 saturated carbocycles. The third kappa shape index (κ3) is 3.31. The van der Waals surface area contributed by atoms with E-state index < -0.39 is 0 Å². The van der Waals surface area contributed by atoms with Crippen molar-refractivity contribution in [1.82, 2.24) is 10.2 Å². The molecule has 2 aromatic carbocycles. The molecule has 2 aliphatic rings. The van der Waals surface area contributed by atoms with E-state index in [9.17, 15) is 9.18 Å². The Hall–Kier alpha value is -2.20. The van der Waals surface area contributed by atoms with Gasteiger partial charge in [0.25, 0.3) is 0 Å². The first-order chi connectivity index (χ1) is 12.1. The number of amides is 1. The number of halogens is 1. The van der Waals surface area contributed by atoms with Gasteiger partial charge in [-0.2, -0.15) is 0 Å². The summed E-state index contributed by atoms with van der Waals surface area (Å²) >= 11 is 0. The maximum absolute atomic E-state index is 13.1. The highest BCUT2D eigenvalue weighted by Crippen LogP contribution is 2.37. The summed E-state index contributed by atoms with van der Waals surface area (Å²) < 4.78 is 13.1. The second-order valence-electron chi connectivity index (χ2n) is 7.35. The van der Waals surface area contributed by atoms with Gasteiger partial charge in [-0.15, -0.1) is 0 Å². The summed E-state index contributed by atoms with van der Waals surface area (Å²) in [6.45, 7) is 3.12. The molecule has 1 saturated heterocycles. The third-order valence-electron chi connectivity index (χ3n) is 5.54. The first kappa shape index (κ1) is 16.3. The molecule has 1 unspecified atom stereocenters. The van der Waals surface area contributed by atoms with Crippen LogP contribution in [0.2, 0.25) is 0 Å². The molecule has 1 fully saturated rings. The minimum atomic E-state index is -0.356. The van der Waals surface area contributed by atoms with Gasteiger partial charge in [0.1, 0.15) is 5.82 Å². The van der Waals surface area contributed by atoms with Gasteiger partial charge < -0.3 is 5.32 Å². The summed E-state index contributed by atoms with van der Waals surface area (Å²) in [7, 11) is 0. The van der Waals surface area contributed by atoms with E-state index in [1.807, 2.05) is 18.2 Å². The van der Waals surface area contributed by atoms with Crippen LogP contribution in [0.1, 0.15) is 29.5 Å². The van der Waals surface area contributed by atoms with Crippen LogP contribution in [0.4, 0.5) is 4.39 Å². The molecular formula is C21H23FN2O. The number of carbonyl (C=O) groups excluding carboxylic acids is 1. The van der Waals surface area contributed by atoms with Crippen molar-refractivity contribution in [3.8, 4) is 0 Å². The van der Waals surface area contributed by atoms with Crippen LogP contribution in [0, 0.1) is 11.2 Å². The predicted molar refractivity (Wildman–Crippen MR) is 95.3 cm³/mol. The minimum Gasteiger partial charge on any atom is -0.351 e. The zero-order valence-corrected chi connectivity index (χ0v) is 14.3. The molecule has 0 bridgehead atoms. The van der Waals surface area contributed by atoms with Gasteiger partial charge in [-0.1, -0.05) is 36.4 Å². The van der Waals surface area contributed by atoms with Crippen molar-refractivity contribution < 1.29 is 9.18 Å². The molecule has 25 heavy (non-hydrogen) atoms. The summed E-state index contributed by atoms with van der Waals surface area (Å²) in [5, 5.41) is 3.14. The Bertz CT molecular complexity index is 774. The van der Waals surface area contributed by atoms with Crippen LogP contribution < -0.4 is 5.32 Å². The molecule has 0 radical (unpaired) electrons. The molecule has 130 valence electrons. The smallest absolute Gasteiger partial charge is 0.228 e. The van der Waals surface area contributed by atoms with E-state index in [1.54, 1.807) is 0 Å². The summed E-state index contributed by atoms with van der Waals surface area (Å²) in [4.78, 5) is 15.3. The predicted octanol–water partition coefficient (Wildman–Crippen LogP) is 3.28. The molecule has 1 N–H and O–H groups in total. The van der Waals surface area contributed by atoms with Crippen LogP contribution in [-0.2, 0) is 24.3 Å². The maximum Gasteiger partial charge on any atom is 0.228 e. The van der Waals surface area contributed by atoms with Gasteiger partial charge in [-0.25, -0.2) is 4.39 Å². The monoisotopic (exact) mass is 338 g/mol. The topological polar surface area (TPSA) is 32.3 Å². The van der Waals surface area contributed by atoms with Crippen molar-refractivity contribution in [3.63, 3.8) is 0 Å². The normalized spacial score (nSPS) is 23.8. The highest BCUT2D eigenvalue weighted by Gasteiger charge is 2.43. The second-order valence-corrected chi connectivity index (χ2v) is 7.35. The Morgan fingerprint density at radius 2 is 1.84 bits per heavy atom. The van der Waals surface area contributed by atoms with Crippen LogP contribution in [0.3, 0.4) is 0 Å². The van der Waals surface area contributed by atoms with Gasteiger partial charge in [-0.3, -0.25) is 9.69 Å². The zero-order chi connectivity index (χ0) is 17.3. The lowest BCUT2D eigenvalue weighted by molar-refractivity contribution is -0.134. The first-order valence-electron chi connectivity index (χ1n) is 8.97. The number of carbonyl (C=O) groups is 1. The molecule has 2 heterocycles. The maximum atomic E-state index is 13.1. The van der Waals surface area contributed by atoms with Crippen molar-refractivity contribution in [3.05, 3.63) is 71.0 Å². The van der Waals surface area contributed by atoms with Crippen molar-refractivity contribution in [1.29, 1.82) is 0 Å². The van der Waals surface area contributed by atoms with Crippen LogP contribution >= 0.6 is 0 Å². The fourth-order valence-corrected chi connectivity index (χ4v) is 4.25. The third-order valence-corrected chi connectivity index (χ3v) is 5.54. The van der Waals surface area contributed by atoms with Gasteiger partial charge in [0, 0.05) is 19.6 Å². The van der Waals surface area contributed by atoms with Crippen molar-refractivity contribution in [2.24, 2.45) is 5.41 Å². The molecule has 4 rings (SSSR count). The summed E-state index contributed by atoms with van der Waals surface area (Å²) in [6.07, 6.45) is 2.73. The molecule has 1 amide bonds. The fourth-order valence-electron chi connectivity index (χ4n) is 4.25. The quantitative estimate of drug-likeness (QED) is 0.911. The van der Waals surface area contributed by atoms with Gasteiger partial charge in [0.2, 0.25) is 5.91 Å². The molecule has 1 atom stereocenters. The lowest BCUT2D eigenvalue weighted by atomic mass is 9.74. The van der Waals surface area contributed by atoms with Gasteiger partial charge in [0.15, 0.2) is 0 Å². The average Bonchev–Trinajstić information content (AvgIpc) is 2.75. The Labute approximate surface area is 147 Å². The first-order valence-corrected chi connectivity index (χ1v) is 8.97. The largest absolute Gasteiger partial charge is 0.351 e. The Morgan fingerprint density at radius 3 is 2.64 bits per heavy atom. The number of nitrogens with zero attached hydrogens (tertiary/aromatic N) is 1. The van der Waals surface area contributed by atoms with E-state index >= 15 is 0 Å². The fraction of sp³-hybridized carbons (Fsp3) is 0.381. The summed E-state index contributed by atoms with van der Waals surface area (Å²) in [5.74, 6) is -0.0360. The molecule has 3 nitrogen and oxygen atoms in total. The summed E-state index contributed by atoms with van der Waals surface area (Å²) in [5.41, 5.74) is 3.24. The second kappa shape index (κ2) is 6.60. The van der Waals surface area contributed by atoms with Crippen molar-refractivity contribution in [2.75, 3.05) is 13.1 Å². The lowest BCUT2D eigenvalue weighted by Crippen LogP contribution is -2.51. The van der Waals surface area contributed by atoms with Crippen molar-refractivity contribution in [2.45, 2.75) is 32.4 Å². The number of hydrogen-bond donors (Lipinski definition) is 1. The highest BCUT2D eigenvalue weighted by molar-refractivity contribution is 5.84. The van der Waals surface area contributed by atoms with E-state index in [4.69, 9.17) is 0 Å². The van der Waals surface area contributed by atoms with Crippen LogP contribution in [-0.4, -0.2) is 23.9 Å². The average molecular weight is 338 g/mol. The van der Waals surface area contributed by atoms with Gasteiger partial charge in [0.05, 0.1) is 5.41 Å². The number of rotatable bonds is 2. The lowest BCUT2D eigenvalue weighted by Gasteiger charge is -2.41. The molecule has 0 aliphatic carbocycles. The number of piperidine rings is 1. The van der Waals surface area contributed by atoms with E-state index in [1.165, 1.54) is 23.3 Å². The standard InChI is InChI=1S/C21H23FN2O/c22-19-8-6-16(7-9-19)14-24-11-3-10-21(15-24)12-17-4-1-2-5-18(17)13-23-20(21)25/h1-2,4-9H,3,10-15H2,(H,23,25). The zero-order valence-electron chi connectivity index (χ0n) is 14.3. The van der Waals surface area contributed by atoms with E-state index in [0.29, 0.717) is 6.54 Å². The Balaban J connectivity index is 1.56. The summed E-state index contributed by atoms with van der Waals surface area (Å²) in [6, 6.07) is 15.0.